The van der Waals surface area contributed by atoms with Crippen molar-refractivity contribution in [3.63, 3.8) is 0 Å². The Morgan fingerprint density at radius 1 is 1.62 bits per heavy atom. The number of nitrogens with one attached hydrogen (secondary N) is 2. The zero-order valence-corrected chi connectivity index (χ0v) is 9.70. The minimum atomic E-state index is 0.0138. The van der Waals surface area contributed by atoms with E-state index in [0.29, 0.717) is 6.04 Å². The van der Waals surface area contributed by atoms with Gasteiger partial charge in [-0.1, -0.05) is 6.42 Å². The predicted octanol–water partition coefficient (Wildman–Crippen LogP) is 0.897. The van der Waals surface area contributed by atoms with E-state index in [4.69, 9.17) is 0 Å². The summed E-state index contributed by atoms with van der Waals surface area (Å²) < 4.78 is 1.84. The smallest absolute Gasteiger partial charge is 0.267 e. The Morgan fingerprint density at radius 2 is 2.50 bits per heavy atom. The molecule has 1 unspecified atom stereocenters. The highest BCUT2D eigenvalue weighted by molar-refractivity contribution is 5.92. The highest BCUT2D eigenvalue weighted by Gasteiger charge is 2.14. The van der Waals surface area contributed by atoms with Gasteiger partial charge in [0.15, 0.2) is 0 Å². The summed E-state index contributed by atoms with van der Waals surface area (Å²) in [6, 6.07) is 4.16. The van der Waals surface area contributed by atoms with Crippen LogP contribution in [-0.4, -0.2) is 29.6 Å². The number of piperidine rings is 1. The lowest BCUT2D eigenvalue weighted by Gasteiger charge is -2.23. The summed E-state index contributed by atoms with van der Waals surface area (Å²) in [6.45, 7) is 1.80. The number of carbonyl (C=O) groups excluding carboxylic acids is 1. The first-order valence-corrected chi connectivity index (χ1v) is 5.90. The molecule has 4 heteroatoms. The first-order valence-electron chi connectivity index (χ1n) is 5.90. The zero-order valence-electron chi connectivity index (χ0n) is 9.70. The van der Waals surface area contributed by atoms with Gasteiger partial charge in [-0.25, -0.2) is 0 Å². The standard InChI is InChI=1S/C12H19N3O/c1-15-8-4-6-11(15)12(16)14-9-10-5-2-3-7-13-10/h4,6,8,10,13H,2-3,5,7,9H2,1H3,(H,14,16). The SMILES string of the molecule is Cn1cccc1C(=O)NCC1CCCCN1. The lowest BCUT2D eigenvalue weighted by Crippen LogP contribution is -2.43. The number of rotatable bonds is 3. The summed E-state index contributed by atoms with van der Waals surface area (Å²) in [5.74, 6) is 0.0138. The zero-order chi connectivity index (χ0) is 11.4. The third-order valence-corrected chi connectivity index (χ3v) is 3.10. The largest absolute Gasteiger partial charge is 0.349 e. The van der Waals surface area contributed by atoms with Crippen LogP contribution in [0.25, 0.3) is 0 Å². The molecule has 1 aromatic rings. The summed E-state index contributed by atoms with van der Waals surface area (Å²) in [6.07, 6.45) is 5.56. The summed E-state index contributed by atoms with van der Waals surface area (Å²) >= 11 is 0. The molecular weight excluding hydrogens is 202 g/mol. The van der Waals surface area contributed by atoms with Gasteiger partial charge >= 0.3 is 0 Å². The normalized spacial score (nSPS) is 20.7. The van der Waals surface area contributed by atoms with Crippen molar-refractivity contribution in [3.05, 3.63) is 24.0 Å². The fraction of sp³-hybridized carbons (Fsp3) is 0.583. The van der Waals surface area contributed by atoms with Crippen LogP contribution >= 0.6 is 0 Å². The van der Waals surface area contributed by atoms with Crippen LogP contribution < -0.4 is 10.6 Å². The summed E-state index contributed by atoms with van der Waals surface area (Å²) in [4.78, 5) is 11.8. The number of aromatic nitrogens is 1. The van der Waals surface area contributed by atoms with Gasteiger partial charge in [0.1, 0.15) is 5.69 Å². The van der Waals surface area contributed by atoms with E-state index in [1.165, 1.54) is 12.8 Å². The molecule has 0 spiro atoms. The average molecular weight is 221 g/mol. The quantitative estimate of drug-likeness (QED) is 0.796. The van der Waals surface area contributed by atoms with Gasteiger partial charge in [0.2, 0.25) is 0 Å². The molecule has 1 saturated heterocycles. The fourth-order valence-corrected chi connectivity index (χ4v) is 2.10. The van der Waals surface area contributed by atoms with Crippen molar-refractivity contribution >= 4 is 5.91 Å². The van der Waals surface area contributed by atoms with E-state index in [1.807, 2.05) is 29.9 Å². The van der Waals surface area contributed by atoms with Crippen LogP contribution in [0.2, 0.25) is 0 Å². The van der Waals surface area contributed by atoms with Crippen molar-refractivity contribution in [2.45, 2.75) is 25.3 Å². The van der Waals surface area contributed by atoms with Gasteiger partial charge in [-0.3, -0.25) is 4.79 Å². The van der Waals surface area contributed by atoms with Crippen LogP contribution in [0, 0.1) is 0 Å². The van der Waals surface area contributed by atoms with Gasteiger partial charge < -0.3 is 15.2 Å². The van der Waals surface area contributed by atoms with Crippen LogP contribution in [0.3, 0.4) is 0 Å². The molecule has 88 valence electrons. The maximum absolute atomic E-state index is 11.8. The number of carbonyl (C=O) groups is 1. The number of hydrogen-bond donors (Lipinski definition) is 2. The first-order chi connectivity index (χ1) is 7.77. The minimum Gasteiger partial charge on any atom is -0.349 e. The maximum Gasteiger partial charge on any atom is 0.267 e. The summed E-state index contributed by atoms with van der Waals surface area (Å²) in [7, 11) is 1.88. The van der Waals surface area contributed by atoms with Crippen molar-refractivity contribution in [2.75, 3.05) is 13.1 Å². The van der Waals surface area contributed by atoms with Crippen LogP contribution in [0.1, 0.15) is 29.8 Å². The number of hydrogen-bond acceptors (Lipinski definition) is 2. The van der Waals surface area contributed by atoms with Gasteiger partial charge in [-0.15, -0.1) is 0 Å². The molecule has 1 aliphatic rings. The third kappa shape index (κ3) is 2.64. The van der Waals surface area contributed by atoms with Gasteiger partial charge in [-0.05, 0) is 31.5 Å². The van der Waals surface area contributed by atoms with E-state index in [9.17, 15) is 4.79 Å². The van der Waals surface area contributed by atoms with E-state index in [0.717, 1.165) is 25.2 Å². The Labute approximate surface area is 96.0 Å². The maximum atomic E-state index is 11.8. The molecule has 2 N–H and O–H groups in total. The Bertz CT molecular complexity index is 353. The Kier molecular flexibility index (Phi) is 3.62. The molecule has 1 aliphatic heterocycles. The Morgan fingerprint density at radius 3 is 3.12 bits per heavy atom. The predicted molar refractivity (Wildman–Crippen MR) is 63.4 cm³/mol. The molecule has 0 aliphatic carbocycles. The average Bonchev–Trinajstić information content (AvgIpc) is 2.74. The Balaban J connectivity index is 1.81. The molecule has 0 saturated carbocycles. The van der Waals surface area contributed by atoms with Crippen molar-refractivity contribution in [1.82, 2.24) is 15.2 Å². The van der Waals surface area contributed by atoms with Crippen LogP contribution in [0.5, 0.6) is 0 Å². The highest BCUT2D eigenvalue weighted by atomic mass is 16.1. The van der Waals surface area contributed by atoms with Crippen molar-refractivity contribution < 1.29 is 4.79 Å². The molecule has 2 rings (SSSR count). The van der Waals surface area contributed by atoms with E-state index in [1.54, 1.807) is 0 Å². The lowest BCUT2D eigenvalue weighted by atomic mass is 10.1. The molecule has 1 fully saturated rings. The van der Waals surface area contributed by atoms with E-state index in [-0.39, 0.29) is 5.91 Å². The van der Waals surface area contributed by atoms with Gasteiger partial charge in [-0.2, -0.15) is 0 Å². The molecular formula is C12H19N3O. The molecule has 0 radical (unpaired) electrons. The van der Waals surface area contributed by atoms with Crippen molar-refractivity contribution in [1.29, 1.82) is 0 Å². The topological polar surface area (TPSA) is 46.1 Å². The molecule has 4 nitrogen and oxygen atoms in total. The molecule has 1 aromatic heterocycles. The second-order valence-corrected chi connectivity index (χ2v) is 4.36. The van der Waals surface area contributed by atoms with E-state index >= 15 is 0 Å². The number of aryl methyl sites for hydroxylation is 1. The van der Waals surface area contributed by atoms with E-state index in [2.05, 4.69) is 10.6 Å². The van der Waals surface area contributed by atoms with Crippen LogP contribution in [0.4, 0.5) is 0 Å². The van der Waals surface area contributed by atoms with Crippen LogP contribution in [0.15, 0.2) is 18.3 Å². The number of amides is 1. The van der Waals surface area contributed by atoms with Crippen molar-refractivity contribution in [2.24, 2.45) is 7.05 Å². The second kappa shape index (κ2) is 5.16. The molecule has 16 heavy (non-hydrogen) atoms. The van der Waals surface area contributed by atoms with Crippen LogP contribution in [-0.2, 0) is 7.05 Å². The number of nitrogens with zero attached hydrogens (tertiary/aromatic N) is 1. The van der Waals surface area contributed by atoms with Crippen molar-refractivity contribution in [3.8, 4) is 0 Å². The lowest BCUT2D eigenvalue weighted by molar-refractivity contribution is 0.0939. The van der Waals surface area contributed by atoms with Gasteiger partial charge in [0.05, 0.1) is 0 Å². The molecule has 0 aromatic carbocycles. The van der Waals surface area contributed by atoms with Gasteiger partial charge in [0.25, 0.3) is 5.91 Å². The first kappa shape index (κ1) is 11.2. The summed E-state index contributed by atoms with van der Waals surface area (Å²) in [5.41, 5.74) is 0.718. The molecule has 2 heterocycles. The minimum absolute atomic E-state index is 0.0138. The second-order valence-electron chi connectivity index (χ2n) is 4.36. The highest BCUT2D eigenvalue weighted by Crippen LogP contribution is 2.06. The fourth-order valence-electron chi connectivity index (χ4n) is 2.10. The summed E-state index contributed by atoms with van der Waals surface area (Å²) in [5, 5.41) is 6.39. The monoisotopic (exact) mass is 221 g/mol. The van der Waals surface area contributed by atoms with E-state index < -0.39 is 0 Å². The van der Waals surface area contributed by atoms with Gasteiger partial charge in [0, 0.05) is 25.8 Å². The third-order valence-electron chi connectivity index (χ3n) is 3.10. The Hall–Kier alpha value is -1.29. The molecule has 0 bridgehead atoms. The molecule has 1 amide bonds. The molecule has 1 atom stereocenters.